The lowest BCUT2D eigenvalue weighted by Crippen LogP contribution is -2.21. The van der Waals surface area contributed by atoms with Crippen molar-refractivity contribution >= 4 is 33.0 Å². The zero-order valence-corrected chi connectivity index (χ0v) is 14.6. The predicted octanol–water partition coefficient (Wildman–Crippen LogP) is 2.99. The van der Waals surface area contributed by atoms with Gasteiger partial charge in [0, 0.05) is 11.4 Å². The van der Waals surface area contributed by atoms with E-state index in [2.05, 4.69) is 32.0 Å². The zero-order valence-electron chi connectivity index (χ0n) is 12.2. The minimum absolute atomic E-state index is 0.0810. The number of ketones is 1. The fraction of sp³-hybridized carbons (Fsp3) is 0.467. The van der Waals surface area contributed by atoms with Crippen LogP contribution in [0.5, 0.6) is 0 Å². The van der Waals surface area contributed by atoms with E-state index in [4.69, 9.17) is 0 Å². The molecule has 0 aromatic carbocycles. The number of hydrogen-bond acceptors (Lipinski definition) is 4. The van der Waals surface area contributed by atoms with Crippen LogP contribution in [0, 0.1) is 0 Å². The Morgan fingerprint density at radius 3 is 3.00 bits per heavy atom. The highest BCUT2D eigenvalue weighted by atomic mass is 79.9. The van der Waals surface area contributed by atoms with Crippen molar-refractivity contribution in [2.24, 2.45) is 0 Å². The second-order valence-electron chi connectivity index (χ2n) is 5.61. The fourth-order valence-electron chi connectivity index (χ4n) is 2.61. The van der Waals surface area contributed by atoms with Crippen LogP contribution in [0.3, 0.4) is 0 Å². The molecule has 0 saturated heterocycles. The normalized spacial score (nSPS) is 13.9. The number of rotatable bonds is 5. The van der Waals surface area contributed by atoms with Gasteiger partial charge >= 0.3 is 0 Å². The molecule has 2 heterocycles. The molecule has 1 aliphatic carbocycles. The third kappa shape index (κ3) is 2.98. The average Bonchev–Trinajstić information content (AvgIpc) is 3.09. The molecule has 6 heteroatoms. The Hall–Kier alpha value is -0.980. The predicted molar refractivity (Wildman–Crippen MR) is 88.3 cm³/mol. The maximum Gasteiger partial charge on any atom is 0.222 e. The number of carbonyl (C=O) groups excluding carboxylic acids is 1. The van der Waals surface area contributed by atoms with Gasteiger partial charge in [0.25, 0.3) is 0 Å². The van der Waals surface area contributed by atoms with E-state index in [1.54, 1.807) is 22.2 Å². The highest BCUT2D eigenvalue weighted by Crippen LogP contribution is 2.32. The number of likely N-dealkylation sites (N-methyl/N-ethyl adjacent to an activating group) is 1. The van der Waals surface area contributed by atoms with E-state index >= 15 is 0 Å². The number of halogens is 1. The van der Waals surface area contributed by atoms with E-state index in [0.29, 0.717) is 12.2 Å². The van der Waals surface area contributed by atoms with Gasteiger partial charge in [-0.2, -0.15) is 5.10 Å². The summed E-state index contributed by atoms with van der Waals surface area (Å²) in [5.74, 6) is 0.0810. The average molecular weight is 368 g/mol. The summed E-state index contributed by atoms with van der Waals surface area (Å²) >= 11 is 5.11. The van der Waals surface area contributed by atoms with Crippen LogP contribution in [0.4, 0.5) is 0 Å². The van der Waals surface area contributed by atoms with Gasteiger partial charge in [0.2, 0.25) is 5.78 Å². The van der Waals surface area contributed by atoms with Gasteiger partial charge in [-0.25, -0.2) is 0 Å². The van der Waals surface area contributed by atoms with Gasteiger partial charge in [-0.3, -0.25) is 9.48 Å². The van der Waals surface area contributed by atoms with Gasteiger partial charge in [0.1, 0.15) is 5.69 Å². The SMILES string of the molecule is CN(C)CCn1ncc(Br)c1C(=O)c1cc2c(s1)CCC2. The van der Waals surface area contributed by atoms with Crippen LogP contribution in [0.2, 0.25) is 0 Å². The molecule has 0 radical (unpaired) electrons. The van der Waals surface area contributed by atoms with E-state index in [1.165, 1.54) is 16.9 Å². The van der Waals surface area contributed by atoms with Crippen molar-refractivity contribution in [2.45, 2.75) is 25.8 Å². The summed E-state index contributed by atoms with van der Waals surface area (Å²) in [6.45, 7) is 1.57. The Morgan fingerprint density at radius 2 is 2.29 bits per heavy atom. The zero-order chi connectivity index (χ0) is 15.0. The van der Waals surface area contributed by atoms with Gasteiger partial charge in [0.05, 0.1) is 22.1 Å². The molecule has 0 saturated carbocycles. The summed E-state index contributed by atoms with van der Waals surface area (Å²) in [6, 6.07) is 2.07. The van der Waals surface area contributed by atoms with E-state index in [-0.39, 0.29) is 5.78 Å². The van der Waals surface area contributed by atoms with Crippen LogP contribution in [-0.2, 0) is 19.4 Å². The number of carbonyl (C=O) groups is 1. The van der Waals surface area contributed by atoms with Crippen LogP contribution in [0.25, 0.3) is 0 Å². The molecule has 21 heavy (non-hydrogen) atoms. The maximum absolute atomic E-state index is 12.8. The quantitative estimate of drug-likeness (QED) is 0.762. The lowest BCUT2D eigenvalue weighted by Gasteiger charge is -2.11. The minimum Gasteiger partial charge on any atom is -0.308 e. The van der Waals surface area contributed by atoms with Gasteiger partial charge in [-0.05, 0) is 60.9 Å². The molecule has 2 aromatic rings. The van der Waals surface area contributed by atoms with Crippen LogP contribution in [0.15, 0.2) is 16.7 Å². The maximum atomic E-state index is 12.8. The van der Waals surface area contributed by atoms with E-state index < -0.39 is 0 Å². The number of aryl methyl sites for hydroxylation is 2. The number of nitrogens with zero attached hydrogens (tertiary/aromatic N) is 3. The topological polar surface area (TPSA) is 38.1 Å². The van der Waals surface area contributed by atoms with Gasteiger partial charge in [0.15, 0.2) is 0 Å². The van der Waals surface area contributed by atoms with E-state index in [9.17, 15) is 4.79 Å². The van der Waals surface area contributed by atoms with Crippen LogP contribution in [0.1, 0.15) is 32.2 Å². The molecule has 0 fully saturated rings. The fourth-order valence-corrected chi connectivity index (χ4v) is 4.28. The summed E-state index contributed by atoms with van der Waals surface area (Å²) in [5.41, 5.74) is 2.02. The first kappa shape index (κ1) is 14.9. The largest absolute Gasteiger partial charge is 0.308 e. The van der Waals surface area contributed by atoms with Crippen molar-refractivity contribution in [3.63, 3.8) is 0 Å². The summed E-state index contributed by atoms with van der Waals surface area (Å²) in [5, 5.41) is 4.32. The molecule has 0 spiro atoms. The Morgan fingerprint density at radius 1 is 1.48 bits per heavy atom. The summed E-state index contributed by atoms with van der Waals surface area (Å²) in [7, 11) is 4.04. The standard InChI is InChI=1S/C15H18BrN3OS/c1-18(2)6-7-19-14(11(16)9-17-19)15(20)13-8-10-4-3-5-12(10)21-13/h8-9H,3-7H2,1-2H3. The van der Waals surface area contributed by atoms with Crippen molar-refractivity contribution in [2.75, 3.05) is 20.6 Å². The van der Waals surface area contributed by atoms with Crippen molar-refractivity contribution in [1.82, 2.24) is 14.7 Å². The van der Waals surface area contributed by atoms with Gasteiger partial charge in [-0.1, -0.05) is 0 Å². The first-order valence-corrected chi connectivity index (χ1v) is 8.69. The highest BCUT2D eigenvalue weighted by molar-refractivity contribution is 9.10. The number of thiophene rings is 1. The third-order valence-electron chi connectivity index (χ3n) is 3.74. The molecule has 0 unspecified atom stereocenters. The smallest absolute Gasteiger partial charge is 0.222 e. The molecule has 0 N–H and O–H groups in total. The summed E-state index contributed by atoms with van der Waals surface area (Å²) in [6.07, 6.45) is 5.17. The van der Waals surface area contributed by atoms with E-state index in [1.807, 2.05) is 14.1 Å². The van der Waals surface area contributed by atoms with Crippen LogP contribution >= 0.6 is 27.3 Å². The molecule has 4 nitrogen and oxygen atoms in total. The molecule has 1 aliphatic rings. The molecule has 112 valence electrons. The molecule has 3 rings (SSSR count). The van der Waals surface area contributed by atoms with Crippen molar-refractivity contribution < 1.29 is 4.79 Å². The lowest BCUT2D eigenvalue weighted by atomic mass is 10.2. The highest BCUT2D eigenvalue weighted by Gasteiger charge is 2.23. The van der Waals surface area contributed by atoms with Crippen LogP contribution < -0.4 is 0 Å². The van der Waals surface area contributed by atoms with Crippen molar-refractivity contribution in [3.05, 3.63) is 37.7 Å². The molecule has 0 bridgehead atoms. The Bertz CT molecular complexity index is 653. The summed E-state index contributed by atoms with van der Waals surface area (Å²) in [4.78, 5) is 17.1. The Balaban J connectivity index is 1.88. The molecule has 0 atom stereocenters. The second kappa shape index (κ2) is 6.02. The number of aromatic nitrogens is 2. The molecule has 2 aromatic heterocycles. The first-order chi connectivity index (χ1) is 10.1. The monoisotopic (exact) mass is 367 g/mol. The summed E-state index contributed by atoms with van der Waals surface area (Å²) < 4.78 is 2.58. The van der Waals surface area contributed by atoms with Crippen LogP contribution in [-0.4, -0.2) is 41.1 Å². The number of fused-ring (bicyclic) bond motifs is 1. The Labute approximate surface area is 136 Å². The molecular weight excluding hydrogens is 350 g/mol. The van der Waals surface area contributed by atoms with Gasteiger partial charge < -0.3 is 4.90 Å². The lowest BCUT2D eigenvalue weighted by molar-refractivity contribution is 0.103. The molecule has 0 amide bonds. The molecular formula is C15H18BrN3OS. The van der Waals surface area contributed by atoms with E-state index in [0.717, 1.165) is 28.7 Å². The third-order valence-corrected chi connectivity index (χ3v) is 5.56. The van der Waals surface area contributed by atoms with Crippen molar-refractivity contribution in [1.29, 1.82) is 0 Å². The second-order valence-corrected chi connectivity index (χ2v) is 7.60. The molecule has 0 aliphatic heterocycles. The Kier molecular flexibility index (Phi) is 4.28. The van der Waals surface area contributed by atoms with Gasteiger partial charge in [-0.15, -0.1) is 11.3 Å². The minimum atomic E-state index is 0.0810. The van der Waals surface area contributed by atoms with Crippen molar-refractivity contribution in [3.8, 4) is 0 Å². The number of hydrogen-bond donors (Lipinski definition) is 0. The first-order valence-electron chi connectivity index (χ1n) is 7.08.